The molecular formula is C24H24N2O2. The lowest BCUT2D eigenvalue weighted by Crippen LogP contribution is -2.48. The lowest BCUT2D eigenvalue weighted by atomic mass is 9.48. The maximum Gasteiger partial charge on any atom is 0.192 e. The first-order chi connectivity index (χ1) is 13.6. The van der Waals surface area contributed by atoms with Crippen LogP contribution in [0.25, 0.3) is 22.4 Å². The fourth-order valence-electron chi connectivity index (χ4n) is 6.77. The number of benzene rings is 1. The number of carbonyl (C=O) groups is 1. The van der Waals surface area contributed by atoms with Crippen LogP contribution in [0.3, 0.4) is 0 Å². The topological polar surface area (TPSA) is 56.0 Å². The van der Waals surface area contributed by atoms with Crippen molar-refractivity contribution in [3.8, 4) is 11.3 Å². The SMILES string of the molecule is Cc1nc2cc(-c3ccc(C=O)cn3)cc(C34CC5CC(CC(C5)C3)C4)c2o1. The molecule has 0 spiro atoms. The number of pyridine rings is 1. The standard InChI is InChI=1S/C24H24N2O2/c1-14-26-22-8-19(21-3-2-15(13-27)12-25-21)7-20(23(22)28-14)24-9-16-4-17(10-24)6-18(5-16)11-24/h2-3,7-8,12-13,16-18H,4-6,9-11H2,1H3. The summed E-state index contributed by atoms with van der Waals surface area (Å²) in [6.07, 6.45) is 10.6. The van der Waals surface area contributed by atoms with Crippen molar-refractivity contribution in [2.75, 3.05) is 0 Å². The van der Waals surface area contributed by atoms with E-state index < -0.39 is 0 Å². The van der Waals surface area contributed by atoms with Crippen LogP contribution in [0.2, 0.25) is 0 Å². The van der Waals surface area contributed by atoms with Crippen molar-refractivity contribution in [3.63, 3.8) is 0 Å². The number of oxazole rings is 1. The van der Waals surface area contributed by atoms with Gasteiger partial charge in [0.2, 0.25) is 0 Å². The highest BCUT2D eigenvalue weighted by molar-refractivity contribution is 5.84. The first-order valence-electron chi connectivity index (χ1n) is 10.5. The Morgan fingerprint density at radius 3 is 2.39 bits per heavy atom. The van der Waals surface area contributed by atoms with Gasteiger partial charge in [0.15, 0.2) is 17.8 Å². The Morgan fingerprint density at radius 2 is 1.79 bits per heavy atom. The van der Waals surface area contributed by atoms with E-state index in [4.69, 9.17) is 4.42 Å². The monoisotopic (exact) mass is 372 g/mol. The van der Waals surface area contributed by atoms with Crippen LogP contribution in [0.5, 0.6) is 0 Å². The first kappa shape index (κ1) is 16.5. The number of aldehydes is 1. The fourth-order valence-corrected chi connectivity index (χ4v) is 6.77. The molecule has 3 aromatic rings. The molecule has 142 valence electrons. The van der Waals surface area contributed by atoms with Crippen molar-refractivity contribution in [3.05, 3.63) is 47.5 Å². The van der Waals surface area contributed by atoms with Crippen molar-refractivity contribution in [1.82, 2.24) is 9.97 Å². The van der Waals surface area contributed by atoms with Crippen molar-refractivity contribution in [2.45, 2.75) is 50.9 Å². The second kappa shape index (κ2) is 5.76. The number of hydrogen-bond donors (Lipinski definition) is 0. The summed E-state index contributed by atoms with van der Waals surface area (Å²) >= 11 is 0. The lowest BCUT2D eigenvalue weighted by Gasteiger charge is -2.57. The predicted molar refractivity (Wildman–Crippen MR) is 107 cm³/mol. The Hall–Kier alpha value is -2.49. The number of fused-ring (bicyclic) bond motifs is 1. The maximum absolute atomic E-state index is 11.0. The Labute approximate surface area is 164 Å². The van der Waals surface area contributed by atoms with Gasteiger partial charge in [0.05, 0.1) is 5.69 Å². The van der Waals surface area contributed by atoms with Crippen molar-refractivity contribution >= 4 is 17.4 Å². The molecule has 0 N–H and O–H groups in total. The Bertz CT molecular complexity index is 1040. The minimum absolute atomic E-state index is 0.234. The Kier molecular flexibility index (Phi) is 3.38. The summed E-state index contributed by atoms with van der Waals surface area (Å²) in [5, 5.41) is 0. The van der Waals surface area contributed by atoms with Crippen LogP contribution in [0.1, 0.15) is 60.3 Å². The molecule has 28 heavy (non-hydrogen) atoms. The summed E-state index contributed by atoms with van der Waals surface area (Å²) in [5.74, 6) is 3.35. The molecule has 2 aromatic heterocycles. The summed E-state index contributed by atoms with van der Waals surface area (Å²) in [6.45, 7) is 1.93. The predicted octanol–water partition coefficient (Wildman–Crippen LogP) is 5.48. The normalized spacial score (nSPS) is 30.8. The molecule has 0 aliphatic heterocycles. The third kappa shape index (κ3) is 2.40. The molecule has 0 amide bonds. The van der Waals surface area contributed by atoms with Gasteiger partial charge >= 0.3 is 0 Å². The minimum atomic E-state index is 0.234. The summed E-state index contributed by atoms with van der Waals surface area (Å²) < 4.78 is 6.14. The van der Waals surface area contributed by atoms with E-state index in [0.29, 0.717) is 5.56 Å². The van der Waals surface area contributed by atoms with E-state index >= 15 is 0 Å². The second-order valence-corrected chi connectivity index (χ2v) is 9.40. The van der Waals surface area contributed by atoms with Crippen LogP contribution in [-0.4, -0.2) is 16.3 Å². The molecule has 4 bridgehead atoms. The average molecular weight is 372 g/mol. The summed E-state index contributed by atoms with van der Waals surface area (Å²) in [7, 11) is 0. The molecular weight excluding hydrogens is 348 g/mol. The smallest absolute Gasteiger partial charge is 0.192 e. The van der Waals surface area contributed by atoms with Gasteiger partial charge in [0.1, 0.15) is 5.52 Å². The van der Waals surface area contributed by atoms with Gasteiger partial charge in [0.25, 0.3) is 0 Å². The van der Waals surface area contributed by atoms with E-state index in [0.717, 1.165) is 52.3 Å². The molecule has 4 saturated carbocycles. The number of hydrogen-bond acceptors (Lipinski definition) is 4. The summed E-state index contributed by atoms with van der Waals surface area (Å²) in [5.41, 5.74) is 6.06. The molecule has 0 unspecified atom stereocenters. The molecule has 2 heterocycles. The molecule has 4 aliphatic carbocycles. The molecule has 1 aromatic carbocycles. The van der Waals surface area contributed by atoms with E-state index in [2.05, 4.69) is 22.1 Å². The third-order valence-electron chi connectivity index (χ3n) is 7.42. The lowest BCUT2D eigenvalue weighted by molar-refractivity contribution is -0.00487. The number of nitrogens with zero attached hydrogens (tertiary/aromatic N) is 2. The number of rotatable bonds is 3. The number of aromatic nitrogens is 2. The first-order valence-corrected chi connectivity index (χ1v) is 10.5. The van der Waals surface area contributed by atoms with Gasteiger partial charge in [-0.1, -0.05) is 0 Å². The van der Waals surface area contributed by atoms with Crippen molar-refractivity contribution < 1.29 is 9.21 Å². The molecule has 0 saturated heterocycles. The molecule has 4 heteroatoms. The van der Waals surface area contributed by atoms with E-state index in [9.17, 15) is 4.79 Å². The molecule has 0 radical (unpaired) electrons. The van der Waals surface area contributed by atoms with Crippen LogP contribution in [-0.2, 0) is 5.41 Å². The zero-order valence-electron chi connectivity index (χ0n) is 16.1. The second-order valence-electron chi connectivity index (χ2n) is 9.40. The van der Waals surface area contributed by atoms with Crippen LogP contribution in [0, 0.1) is 24.7 Å². The van der Waals surface area contributed by atoms with Gasteiger partial charge in [0, 0.05) is 29.8 Å². The zero-order chi connectivity index (χ0) is 18.9. The summed E-state index contributed by atoms with van der Waals surface area (Å²) in [6, 6.07) is 8.15. The van der Waals surface area contributed by atoms with Crippen LogP contribution in [0.15, 0.2) is 34.9 Å². The van der Waals surface area contributed by atoms with Gasteiger partial charge in [-0.3, -0.25) is 9.78 Å². The van der Waals surface area contributed by atoms with E-state index in [1.54, 1.807) is 6.20 Å². The highest BCUT2D eigenvalue weighted by Crippen LogP contribution is 2.61. The average Bonchev–Trinajstić information content (AvgIpc) is 3.06. The van der Waals surface area contributed by atoms with Crippen LogP contribution in [0.4, 0.5) is 0 Å². The van der Waals surface area contributed by atoms with Gasteiger partial charge in [-0.2, -0.15) is 0 Å². The highest BCUT2D eigenvalue weighted by Gasteiger charge is 2.52. The Morgan fingerprint density at radius 1 is 1.07 bits per heavy atom. The molecule has 4 nitrogen and oxygen atoms in total. The largest absolute Gasteiger partial charge is 0.441 e. The third-order valence-corrected chi connectivity index (χ3v) is 7.42. The quantitative estimate of drug-likeness (QED) is 0.571. The van der Waals surface area contributed by atoms with Gasteiger partial charge in [-0.25, -0.2) is 4.98 Å². The van der Waals surface area contributed by atoms with E-state index in [-0.39, 0.29) is 5.41 Å². The molecule has 4 fully saturated rings. The molecule has 7 rings (SSSR count). The number of carbonyl (C=O) groups excluding carboxylic acids is 1. The van der Waals surface area contributed by atoms with Gasteiger partial charge in [-0.05, 0) is 86.0 Å². The fraction of sp³-hybridized carbons (Fsp3) is 0.458. The number of aryl methyl sites for hydroxylation is 1. The molecule has 0 atom stereocenters. The van der Waals surface area contributed by atoms with Gasteiger partial charge < -0.3 is 4.42 Å². The zero-order valence-corrected chi connectivity index (χ0v) is 16.1. The van der Waals surface area contributed by atoms with Crippen LogP contribution < -0.4 is 0 Å². The minimum Gasteiger partial charge on any atom is -0.441 e. The molecule has 4 aliphatic rings. The van der Waals surface area contributed by atoms with Gasteiger partial charge in [-0.15, -0.1) is 0 Å². The van der Waals surface area contributed by atoms with E-state index in [1.165, 1.54) is 44.1 Å². The van der Waals surface area contributed by atoms with Crippen molar-refractivity contribution in [2.24, 2.45) is 17.8 Å². The van der Waals surface area contributed by atoms with E-state index in [1.807, 2.05) is 19.1 Å². The van der Waals surface area contributed by atoms with Crippen LogP contribution >= 0.6 is 0 Å². The maximum atomic E-state index is 11.0. The van der Waals surface area contributed by atoms with Crippen molar-refractivity contribution in [1.29, 1.82) is 0 Å². The highest BCUT2D eigenvalue weighted by atomic mass is 16.3. The summed E-state index contributed by atoms with van der Waals surface area (Å²) in [4.78, 5) is 20.2. The Balaban J connectivity index is 1.54.